The second-order valence-electron chi connectivity index (χ2n) is 2.92. The Hall–Kier alpha value is -0.520. The van der Waals surface area contributed by atoms with Crippen molar-refractivity contribution >= 4 is 11.3 Å². The van der Waals surface area contributed by atoms with Crippen molar-refractivity contribution in [2.24, 2.45) is 5.73 Å². The van der Waals surface area contributed by atoms with E-state index in [4.69, 9.17) is 10.5 Å². The van der Waals surface area contributed by atoms with Crippen molar-refractivity contribution in [3.8, 4) is 0 Å². The first-order valence-electron chi connectivity index (χ1n) is 4.33. The number of thiophene rings is 1. The molecule has 1 aromatic heterocycles. The summed E-state index contributed by atoms with van der Waals surface area (Å²) < 4.78 is 28.1. The van der Waals surface area contributed by atoms with Gasteiger partial charge in [0, 0.05) is 12.6 Å². The molecule has 0 aromatic carbocycles. The van der Waals surface area contributed by atoms with Crippen LogP contribution in [0.25, 0.3) is 0 Å². The molecule has 1 atom stereocenters. The number of hydrogen-bond acceptors (Lipinski definition) is 3. The van der Waals surface area contributed by atoms with Crippen LogP contribution < -0.4 is 5.73 Å². The lowest BCUT2D eigenvalue weighted by atomic mass is 10.1. The van der Waals surface area contributed by atoms with Gasteiger partial charge in [-0.15, -0.1) is 0 Å². The Bertz CT molecular complexity index is 241. The minimum Gasteiger partial charge on any atom is -0.375 e. The van der Waals surface area contributed by atoms with Crippen LogP contribution in [0.4, 0.5) is 8.78 Å². The van der Waals surface area contributed by atoms with Crippen LogP contribution in [0.15, 0.2) is 16.8 Å². The standard InChI is InChI=1S/C9H13F2NOS/c10-9(11)5-13-3-1-8(12)7-2-4-14-6-7/h2,4,6,8-9H,1,3,5,12H2. The third-order valence-corrected chi connectivity index (χ3v) is 2.49. The molecule has 14 heavy (non-hydrogen) atoms. The number of rotatable bonds is 6. The van der Waals surface area contributed by atoms with E-state index in [2.05, 4.69) is 0 Å². The maximum absolute atomic E-state index is 11.7. The van der Waals surface area contributed by atoms with Gasteiger partial charge in [-0.1, -0.05) is 0 Å². The largest absolute Gasteiger partial charge is 0.375 e. The molecule has 0 spiro atoms. The summed E-state index contributed by atoms with van der Waals surface area (Å²) in [6, 6.07) is 1.82. The van der Waals surface area contributed by atoms with Crippen LogP contribution in [0, 0.1) is 0 Å². The Balaban J connectivity index is 2.13. The van der Waals surface area contributed by atoms with Gasteiger partial charge in [-0.2, -0.15) is 11.3 Å². The number of alkyl halides is 2. The number of halogens is 2. The number of ether oxygens (including phenoxy) is 1. The van der Waals surface area contributed by atoms with Crippen molar-refractivity contribution < 1.29 is 13.5 Å². The Kier molecular flexibility index (Phi) is 5.00. The first-order chi connectivity index (χ1) is 6.70. The summed E-state index contributed by atoms with van der Waals surface area (Å²) in [4.78, 5) is 0. The molecule has 0 aliphatic rings. The number of nitrogens with two attached hydrogens (primary N) is 1. The summed E-state index contributed by atoms with van der Waals surface area (Å²) in [5, 5.41) is 3.90. The molecule has 2 N–H and O–H groups in total. The first-order valence-corrected chi connectivity index (χ1v) is 5.28. The normalized spacial score (nSPS) is 13.4. The summed E-state index contributed by atoms with van der Waals surface area (Å²) in [5.74, 6) is 0. The van der Waals surface area contributed by atoms with Crippen LogP contribution in [0.2, 0.25) is 0 Å². The fourth-order valence-electron chi connectivity index (χ4n) is 1.04. The third kappa shape index (κ3) is 4.13. The zero-order valence-corrected chi connectivity index (χ0v) is 8.47. The van der Waals surface area contributed by atoms with Crippen molar-refractivity contribution in [2.75, 3.05) is 13.2 Å². The number of hydrogen-bond donors (Lipinski definition) is 1. The van der Waals surface area contributed by atoms with Crippen LogP contribution in [-0.4, -0.2) is 19.6 Å². The van der Waals surface area contributed by atoms with E-state index in [-0.39, 0.29) is 12.6 Å². The molecule has 80 valence electrons. The molecule has 0 amide bonds. The Morgan fingerprint density at radius 1 is 1.50 bits per heavy atom. The van der Waals surface area contributed by atoms with Gasteiger partial charge in [-0.3, -0.25) is 0 Å². The van der Waals surface area contributed by atoms with Crippen LogP contribution in [0.5, 0.6) is 0 Å². The predicted octanol–water partition coefficient (Wildman–Crippen LogP) is 2.42. The summed E-state index contributed by atoms with van der Waals surface area (Å²) >= 11 is 1.57. The van der Waals surface area contributed by atoms with E-state index < -0.39 is 13.0 Å². The van der Waals surface area contributed by atoms with Crippen LogP contribution in [0.1, 0.15) is 18.0 Å². The van der Waals surface area contributed by atoms with E-state index in [1.165, 1.54) is 0 Å². The van der Waals surface area contributed by atoms with Gasteiger partial charge in [0.1, 0.15) is 6.61 Å². The highest BCUT2D eigenvalue weighted by Crippen LogP contribution is 2.16. The molecule has 5 heteroatoms. The highest BCUT2D eigenvalue weighted by atomic mass is 32.1. The van der Waals surface area contributed by atoms with Gasteiger partial charge in [0.05, 0.1) is 0 Å². The van der Waals surface area contributed by atoms with Gasteiger partial charge in [-0.05, 0) is 28.8 Å². The SMILES string of the molecule is NC(CCOCC(F)F)c1ccsc1. The molecule has 1 rings (SSSR count). The van der Waals surface area contributed by atoms with Gasteiger partial charge in [-0.25, -0.2) is 8.78 Å². The molecule has 1 aromatic rings. The summed E-state index contributed by atoms with van der Waals surface area (Å²) in [6.45, 7) is -0.224. The maximum Gasteiger partial charge on any atom is 0.261 e. The van der Waals surface area contributed by atoms with Crippen LogP contribution in [-0.2, 0) is 4.74 Å². The molecule has 0 fully saturated rings. The molecule has 1 unspecified atom stereocenters. The maximum atomic E-state index is 11.7. The Labute approximate surface area is 85.7 Å². The Morgan fingerprint density at radius 2 is 2.29 bits per heavy atom. The van der Waals surface area contributed by atoms with Gasteiger partial charge in [0.25, 0.3) is 6.43 Å². The van der Waals surface area contributed by atoms with Crippen LogP contribution in [0.3, 0.4) is 0 Å². The highest BCUT2D eigenvalue weighted by Gasteiger charge is 2.07. The predicted molar refractivity (Wildman–Crippen MR) is 52.7 cm³/mol. The van der Waals surface area contributed by atoms with Crippen LogP contribution >= 0.6 is 11.3 Å². The zero-order valence-electron chi connectivity index (χ0n) is 7.66. The van der Waals surface area contributed by atoms with E-state index in [1.807, 2.05) is 16.8 Å². The minimum absolute atomic E-state index is 0.112. The second-order valence-corrected chi connectivity index (χ2v) is 3.70. The lowest BCUT2D eigenvalue weighted by molar-refractivity contribution is 0.0152. The monoisotopic (exact) mass is 221 g/mol. The summed E-state index contributed by atoms with van der Waals surface area (Å²) in [5.41, 5.74) is 6.83. The van der Waals surface area contributed by atoms with Crippen molar-refractivity contribution in [1.82, 2.24) is 0 Å². The van der Waals surface area contributed by atoms with Crippen molar-refractivity contribution in [3.63, 3.8) is 0 Å². The smallest absolute Gasteiger partial charge is 0.261 e. The minimum atomic E-state index is -2.40. The highest BCUT2D eigenvalue weighted by molar-refractivity contribution is 7.07. The van der Waals surface area contributed by atoms with E-state index in [0.29, 0.717) is 6.42 Å². The van der Waals surface area contributed by atoms with E-state index in [1.54, 1.807) is 11.3 Å². The molecule has 0 saturated heterocycles. The molecule has 1 heterocycles. The average molecular weight is 221 g/mol. The van der Waals surface area contributed by atoms with Gasteiger partial charge < -0.3 is 10.5 Å². The van der Waals surface area contributed by atoms with Crippen molar-refractivity contribution in [3.05, 3.63) is 22.4 Å². The van der Waals surface area contributed by atoms with E-state index in [0.717, 1.165) is 5.56 Å². The van der Waals surface area contributed by atoms with E-state index in [9.17, 15) is 8.78 Å². The quantitative estimate of drug-likeness (QED) is 0.749. The molecule has 0 bridgehead atoms. The molecular formula is C9H13F2NOS. The van der Waals surface area contributed by atoms with Gasteiger partial charge in [0.2, 0.25) is 0 Å². The zero-order chi connectivity index (χ0) is 10.4. The Morgan fingerprint density at radius 3 is 2.86 bits per heavy atom. The average Bonchev–Trinajstić information content (AvgIpc) is 2.64. The molecule has 0 aliphatic heterocycles. The molecule has 0 saturated carbocycles. The third-order valence-electron chi connectivity index (χ3n) is 1.79. The topological polar surface area (TPSA) is 35.2 Å². The van der Waals surface area contributed by atoms with Gasteiger partial charge in [0.15, 0.2) is 0 Å². The summed E-state index contributed by atoms with van der Waals surface area (Å²) in [7, 11) is 0. The lowest BCUT2D eigenvalue weighted by Crippen LogP contribution is -2.14. The van der Waals surface area contributed by atoms with E-state index >= 15 is 0 Å². The molecule has 0 radical (unpaired) electrons. The van der Waals surface area contributed by atoms with Crippen molar-refractivity contribution in [1.29, 1.82) is 0 Å². The lowest BCUT2D eigenvalue weighted by Gasteiger charge is -2.09. The molecule has 2 nitrogen and oxygen atoms in total. The fourth-order valence-corrected chi connectivity index (χ4v) is 1.76. The van der Waals surface area contributed by atoms with Crippen molar-refractivity contribution in [2.45, 2.75) is 18.9 Å². The second kappa shape index (κ2) is 6.06. The molecule has 0 aliphatic carbocycles. The fraction of sp³-hybridized carbons (Fsp3) is 0.556. The summed E-state index contributed by atoms with van der Waals surface area (Å²) in [6.07, 6.45) is -1.82. The first kappa shape index (κ1) is 11.6. The molecular weight excluding hydrogens is 208 g/mol. The van der Waals surface area contributed by atoms with Gasteiger partial charge >= 0.3 is 0 Å².